The molecule has 2 heterocycles. The van der Waals surface area contributed by atoms with Crippen LogP contribution < -0.4 is 0 Å². The highest BCUT2D eigenvalue weighted by Gasteiger charge is 2.43. The zero-order chi connectivity index (χ0) is 20.5. The van der Waals surface area contributed by atoms with Gasteiger partial charge in [-0.1, -0.05) is 29.3 Å². The normalized spacial score (nSPS) is 16.1. The van der Waals surface area contributed by atoms with Gasteiger partial charge in [0.15, 0.2) is 5.82 Å². The number of aromatic nitrogens is 1. The van der Waals surface area contributed by atoms with E-state index in [2.05, 4.69) is 20.9 Å². The van der Waals surface area contributed by atoms with E-state index in [-0.39, 0.29) is 48.1 Å². The van der Waals surface area contributed by atoms with Crippen molar-refractivity contribution in [3.05, 3.63) is 62.1 Å². The van der Waals surface area contributed by atoms with E-state index in [4.69, 9.17) is 23.2 Å². The van der Waals surface area contributed by atoms with Gasteiger partial charge in [0.2, 0.25) is 0 Å². The number of nitrogens with zero attached hydrogens (tertiary/aromatic N) is 2. The Hall–Kier alpha value is -1.70. The molecule has 1 aliphatic heterocycles. The molecular formula is C19H16BrCl2FN2O3. The smallest absolute Gasteiger partial charge is 0.310 e. The van der Waals surface area contributed by atoms with Crippen LogP contribution in [-0.2, 0) is 11.2 Å². The van der Waals surface area contributed by atoms with E-state index in [1.54, 1.807) is 12.1 Å². The van der Waals surface area contributed by atoms with Crippen molar-refractivity contribution in [2.75, 3.05) is 13.1 Å². The lowest BCUT2D eigenvalue weighted by atomic mass is 9.74. The maximum atomic E-state index is 14.1. The molecule has 1 N–H and O–H groups in total. The molecule has 1 saturated heterocycles. The van der Waals surface area contributed by atoms with Gasteiger partial charge in [0, 0.05) is 25.2 Å². The maximum absolute atomic E-state index is 14.1. The number of rotatable bonds is 4. The lowest BCUT2D eigenvalue weighted by molar-refractivity contribution is -0.151. The van der Waals surface area contributed by atoms with Crippen LogP contribution in [0.1, 0.15) is 28.9 Å². The number of pyridine rings is 1. The van der Waals surface area contributed by atoms with Gasteiger partial charge in [0.25, 0.3) is 5.91 Å². The minimum absolute atomic E-state index is 0.114. The average Bonchev–Trinajstić information content (AvgIpc) is 2.67. The molecule has 0 aliphatic carbocycles. The molecule has 1 aliphatic rings. The summed E-state index contributed by atoms with van der Waals surface area (Å²) in [7, 11) is 0. The highest BCUT2D eigenvalue weighted by atomic mass is 79.9. The van der Waals surface area contributed by atoms with Crippen molar-refractivity contribution in [3.63, 3.8) is 0 Å². The molecule has 0 saturated carbocycles. The summed E-state index contributed by atoms with van der Waals surface area (Å²) >= 11 is 15.0. The Kier molecular flexibility index (Phi) is 6.27. The van der Waals surface area contributed by atoms with E-state index in [0.29, 0.717) is 10.2 Å². The van der Waals surface area contributed by atoms with Crippen molar-refractivity contribution in [2.24, 2.45) is 5.41 Å². The summed E-state index contributed by atoms with van der Waals surface area (Å²) in [6, 6.07) is 7.69. The Labute approximate surface area is 179 Å². The molecule has 1 fully saturated rings. The van der Waals surface area contributed by atoms with E-state index >= 15 is 0 Å². The highest BCUT2D eigenvalue weighted by Crippen LogP contribution is 2.36. The summed E-state index contributed by atoms with van der Waals surface area (Å²) in [5.74, 6) is -2.21. The molecule has 3 rings (SSSR count). The number of carbonyl (C=O) groups excluding carboxylic acids is 1. The number of piperidine rings is 1. The second kappa shape index (κ2) is 8.35. The van der Waals surface area contributed by atoms with Crippen LogP contribution in [0, 0.1) is 11.2 Å². The van der Waals surface area contributed by atoms with Gasteiger partial charge in [0.1, 0.15) is 5.15 Å². The van der Waals surface area contributed by atoms with Gasteiger partial charge in [-0.3, -0.25) is 9.59 Å². The fourth-order valence-corrected chi connectivity index (χ4v) is 3.91. The third kappa shape index (κ3) is 4.16. The molecule has 1 aromatic heterocycles. The number of hydrogen-bond donors (Lipinski definition) is 1. The molecule has 0 atom stereocenters. The Morgan fingerprint density at radius 3 is 2.50 bits per heavy atom. The first kappa shape index (κ1) is 21.0. The first-order valence-electron chi connectivity index (χ1n) is 8.51. The lowest BCUT2D eigenvalue weighted by Gasteiger charge is -2.38. The molecule has 2 aromatic rings. The van der Waals surface area contributed by atoms with Crippen LogP contribution in [-0.4, -0.2) is 40.0 Å². The van der Waals surface area contributed by atoms with E-state index in [0.717, 1.165) is 0 Å². The van der Waals surface area contributed by atoms with Crippen molar-refractivity contribution in [3.8, 4) is 0 Å². The molecular weight excluding hydrogens is 474 g/mol. The van der Waals surface area contributed by atoms with Gasteiger partial charge >= 0.3 is 5.97 Å². The average molecular weight is 490 g/mol. The molecule has 28 heavy (non-hydrogen) atoms. The Morgan fingerprint density at radius 1 is 1.21 bits per heavy atom. The van der Waals surface area contributed by atoms with Crippen LogP contribution in [0.15, 0.2) is 34.8 Å². The summed E-state index contributed by atoms with van der Waals surface area (Å²) in [5.41, 5.74) is -0.610. The quantitative estimate of drug-likeness (QED) is 0.624. The van der Waals surface area contributed by atoms with E-state index < -0.39 is 23.1 Å². The number of carboxylic acids is 1. The second-order valence-corrected chi connectivity index (χ2v) is 8.35. The standard InChI is InChI=1S/C19H16BrCl2FN2O3/c20-13-5-4-11(24-16(13)22)10-19(18(27)28)6-8-25(9-7-19)17(26)12-2-1-3-14(21)15(12)23/h1-5H,6-10H2,(H,27,28). The van der Waals surface area contributed by atoms with Crippen LogP contribution in [0.5, 0.6) is 0 Å². The number of amides is 1. The van der Waals surface area contributed by atoms with Crippen molar-refractivity contribution in [1.29, 1.82) is 0 Å². The van der Waals surface area contributed by atoms with Gasteiger partial charge < -0.3 is 10.0 Å². The molecule has 0 radical (unpaired) electrons. The van der Waals surface area contributed by atoms with Crippen LogP contribution in [0.25, 0.3) is 0 Å². The third-order valence-electron chi connectivity index (χ3n) is 5.02. The largest absolute Gasteiger partial charge is 0.481 e. The summed E-state index contributed by atoms with van der Waals surface area (Å²) in [6.07, 6.45) is 0.653. The number of benzene rings is 1. The first-order valence-corrected chi connectivity index (χ1v) is 10.1. The third-order valence-corrected chi connectivity index (χ3v) is 6.47. The fraction of sp³-hybridized carbons (Fsp3) is 0.316. The topological polar surface area (TPSA) is 70.5 Å². The van der Waals surface area contributed by atoms with Gasteiger partial charge in [0.05, 0.1) is 20.5 Å². The van der Waals surface area contributed by atoms with Crippen molar-refractivity contribution in [2.45, 2.75) is 19.3 Å². The Balaban J connectivity index is 1.76. The summed E-state index contributed by atoms with van der Waals surface area (Å²) in [6.45, 7) is 0.392. The molecule has 148 valence electrons. The summed E-state index contributed by atoms with van der Waals surface area (Å²) in [5, 5.41) is 9.99. The fourth-order valence-electron chi connectivity index (χ4n) is 3.34. The van der Waals surface area contributed by atoms with E-state index in [1.165, 1.54) is 23.1 Å². The number of halogens is 4. The molecule has 1 aromatic carbocycles. The van der Waals surface area contributed by atoms with Crippen molar-refractivity contribution >= 4 is 51.0 Å². The van der Waals surface area contributed by atoms with Crippen LogP contribution in [0.3, 0.4) is 0 Å². The Morgan fingerprint density at radius 2 is 1.89 bits per heavy atom. The number of aliphatic carboxylic acids is 1. The molecule has 9 heteroatoms. The number of carbonyl (C=O) groups is 2. The molecule has 0 unspecified atom stereocenters. The van der Waals surface area contributed by atoms with E-state index in [1.807, 2.05) is 0 Å². The molecule has 5 nitrogen and oxygen atoms in total. The molecule has 0 bridgehead atoms. The van der Waals surface area contributed by atoms with Gasteiger partial charge in [-0.25, -0.2) is 9.37 Å². The van der Waals surface area contributed by atoms with Gasteiger partial charge in [-0.15, -0.1) is 0 Å². The predicted octanol–water partition coefficient (Wildman–Crippen LogP) is 4.84. The Bertz CT molecular complexity index is 933. The van der Waals surface area contributed by atoms with Crippen molar-refractivity contribution in [1.82, 2.24) is 9.88 Å². The van der Waals surface area contributed by atoms with Gasteiger partial charge in [-0.2, -0.15) is 0 Å². The zero-order valence-electron chi connectivity index (χ0n) is 14.6. The monoisotopic (exact) mass is 488 g/mol. The van der Waals surface area contributed by atoms with Crippen LogP contribution in [0.4, 0.5) is 4.39 Å². The highest BCUT2D eigenvalue weighted by molar-refractivity contribution is 9.10. The predicted molar refractivity (Wildman–Crippen MR) is 107 cm³/mol. The number of carboxylic acid groups (broad SMARTS) is 1. The zero-order valence-corrected chi connectivity index (χ0v) is 17.7. The SMILES string of the molecule is O=C(c1cccc(Cl)c1F)N1CCC(Cc2ccc(Br)c(Cl)n2)(C(=O)O)CC1. The van der Waals surface area contributed by atoms with Gasteiger partial charge in [-0.05, 0) is 53.0 Å². The van der Waals surface area contributed by atoms with Crippen LogP contribution in [0.2, 0.25) is 10.2 Å². The minimum atomic E-state index is -1.06. The van der Waals surface area contributed by atoms with Crippen molar-refractivity contribution < 1.29 is 19.1 Å². The maximum Gasteiger partial charge on any atom is 0.310 e. The first-order chi connectivity index (χ1) is 13.2. The number of likely N-dealkylation sites (tertiary alicyclic amines) is 1. The molecule has 0 spiro atoms. The van der Waals surface area contributed by atoms with Crippen LogP contribution >= 0.6 is 39.1 Å². The number of hydrogen-bond acceptors (Lipinski definition) is 3. The minimum Gasteiger partial charge on any atom is -0.481 e. The molecule has 1 amide bonds. The second-order valence-electron chi connectivity index (χ2n) is 6.73. The lowest BCUT2D eigenvalue weighted by Crippen LogP contribution is -2.47. The summed E-state index contributed by atoms with van der Waals surface area (Å²) < 4.78 is 14.8. The summed E-state index contributed by atoms with van der Waals surface area (Å²) in [4.78, 5) is 30.3. The van der Waals surface area contributed by atoms with E-state index in [9.17, 15) is 19.1 Å².